The summed E-state index contributed by atoms with van der Waals surface area (Å²) in [6.45, 7) is 13.8. The van der Waals surface area contributed by atoms with E-state index in [4.69, 9.17) is 27.9 Å². The van der Waals surface area contributed by atoms with Crippen LogP contribution in [0.3, 0.4) is 0 Å². The Labute approximate surface area is 678 Å². The highest BCUT2D eigenvalue weighted by Gasteiger charge is 2.34. The molecule has 24 nitrogen and oxygen atoms in total. The lowest BCUT2D eigenvalue weighted by atomic mass is 9.89. The molecular weight excluding hydrogens is 1490 g/mol. The first-order chi connectivity index (χ1) is 56.8. The summed E-state index contributed by atoms with van der Waals surface area (Å²) >= 11 is 0. The average molecular weight is 1580 g/mol. The smallest absolute Gasteiger partial charge is 0.523 e. The summed E-state index contributed by atoms with van der Waals surface area (Å²) in [5.74, 6) is -8.98. The topological polar surface area (TPSA) is 351 Å². The van der Waals surface area contributed by atoms with Crippen LogP contribution in [-0.4, -0.2) is 128 Å². The number of carbonyl (C=O) groups excluding carboxylic acids is 6. The van der Waals surface area contributed by atoms with E-state index in [9.17, 15) is 59.4 Å². The van der Waals surface area contributed by atoms with Gasteiger partial charge in [-0.3, -0.25) is 28.8 Å². The van der Waals surface area contributed by atoms with Gasteiger partial charge in [-0.05, 0) is 212 Å². The van der Waals surface area contributed by atoms with Gasteiger partial charge in [0.25, 0.3) is 35.4 Å². The first-order valence-corrected chi connectivity index (χ1v) is 39.7. The minimum atomic E-state index is -0.580. The molecule has 0 saturated heterocycles. The van der Waals surface area contributed by atoms with E-state index in [1.807, 2.05) is 41.5 Å². The van der Waals surface area contributed by atoms with Gasteiger partial charge in [-0.2, -0.15) is 0 Å². The maximum atomic E-state index is 14.4. The summed E-state index contributed by atoms with van der Waals surface area (Å²) in [5, 5.41) is 97.9. The van der Waals surface area contributed by atoms with Crippen molar-refractivity contribution in [2.24, 2.45) is 0 Å². The first kappa shape index (κ1) is 81.8. The standard InChI is InChI=1S/C90H90B3N6O18/c1-7-13-31-94-85(106)55-25-19-49-43-67(100)79-73(61(49)37-55)74-62-38-56(86(107)95-32-14-8-2)26-20-50(62)44-68(101)80(74)113-92-115-82-70(103)46-52-22-28-59(89(110)98-35-17-11-5)41-65(52)77(82)78-66-42-60(90(111)99-36-18-12-6)30-24-54(66)48-72(105)84(78)117-93-116-83-71(104)47-53-23-29-58(88(109)97-34-16-10-4)40-64(53)76(83)75-63-39-57(87(108)96-33-15-9-3)27-21-51(63)45-69(102)81(75)114-91-112-79/h19-30,37-48,100-105H,7-18,31-36H2,1-6H3,(H,94,106)(H,95,107)(H,96,108)(H,97,109)(H,98,110)(H,99,111). The van der Waals surface area contributed by atoms with E-state index in [0.717, 1.165) is 61.6 Å². The number of amides is 6. The highest BCUT2D eigenvalue weighted by atomic mass is 16.6. The number of unbranched alkanes of at least 4 members (excludes halogenated alkanes) is 6. The SMILES string of the molecule is CCCCNC(=O)c1ccc2cc(O)c3c(c2c1)-c1c(c(O)cc2ccc(C(=O)NCCCC)cc12)O[B]Oc1c(O)cc2ccc(C(=O)NCCCC)cc2c1-c1c(c(O)cc2ccc(C(=O)NCCCC)cc12)O[B]Oc1c(O)cc2ccc(C(=O)NCCCC)cc2c1-c1c(c(O)cc2ccc(C(=O)NCCCC)cc12)O[B]O3. The minimum Gasteiger partial charge on any atom is -0.523 e. The molecule has 0 aromatic heterocycles. The van der Waals surface area contributed by atoms with Gasteiger partial charge in [0.2, 0.25) is 0 Å². The van der Waals surface area contributed by atoms with Crippen LogP contribution in [0.1, 0.15) is 181 Å². The molecule has 12 aromatic rings. The maximum absolute atomic E-state index is 14.4. The van der Waals surface area contributed by atoms with Gasteiger partial charge in [-0.15, -0.1) is 0 Å². The van der Waals surface area contributed by atoms with Crippen LogP contribution in [0.2, 0.25) is 0 Å². The Kier molecular flexibility index (Phi) is 25.8. The highest BCUT2D eigenvalue weighted by molar-refractivity contribution is 6.28. The monoisotopic (exact) mass is 1580 g/mol. The Hall–Kier alpha value is -13.2. The number of rotatable bonds is 24. The van der Waals surface area contributed by atoms with E-state index in [2.05, 4.69) is 31.9 Å². The van der Waals surface area contributed by atoms with Crippen LogP contribution in [0.5, 0.6) is 69.0 Å². The van der Waals surface area contributed by atoms with Crippen molar-refractivity contribution in [2.45, 2.75) is 119 Å². The number of benzene rings is 12. The van der Waals surface area contributed by atoms with E-state index >= 15 is 0 Å². The minimum absolute atomic E-state index is 0.107. The van der Waals surface area contributed by atoms with Crippen LogP contribution in [-0.2, 0) is 0 Å². The largest absolute Gasteiger partial charge is 0.658 e. The fourth-order valence-electron chi connectivity index (χ4n) is 14.5. The zero-order valence-electron chi connectivity index (χ0n) is 65.9. The summed E-state index contributed by atoms with van der Waals surface area (Å²) in [6.07, 6.45) is 8.51. The van der Waals surface area contributed by atoms with Crippen LogP contribution in [0.15, 0.2) is 146 Å². The summed E-state index contributed by atoms with van der Waals surface area (Å²) in [5.41, 5.74) is 0.190. The van der Waals surface area contributed by atoms with Crippen molar-refractivity contribution in [2.75, 3.05) is 39.3 Å². The van der Waals surface area contributed by atoms with Crippen LogP contribution < -0.4 is 59.8 Å². The molecule has 13 rings (SSSR count). The molecule has 0 spiro atoms. The zero-order valence-corrected chi connectivity index (χ0v) is 65.9. The number of hydrogen-bond acceptors (Lipinski definition) is 18. The Balaban J connectivity index is 1.17. The molecular formula is C90H90B3N6O18. The van der Waals surface area contributed by atoms with Gasteiger partial charge < -0.3 is 90.5 Å². The average Bonchev–Trinajstić information content (AvgIpc) is 0.855. The van der Waals surface area contributed by atoms with Gasteiger partial charge in [0.15, 0.2) is 69.0 Å². The lowest BCUT2D eigenvalue weighted by molar-refractivity contribution is 0.0945. The first-order valence-electron chi connectivity index (χ1n) is 39.7. The van der Waals surface area contributed by atoms with Crippen molar-refractivity contribution in [1.29, 1.82) is 0 Å². The second kappa shape index (κ2) is 37.0. The molecule has 12 aromatic carbocycles. The van der Waals surface area contributed by atoms with Crippen molar-refractivity contribution in [3.63, 3.8) is 0 Å². The molecule has 597 valence electrons. The molecule has 1 heterocycles. The highest BCUT2D eigenvalue weighted by Crippen LogP contribution is 2.57. The van der Waals surface area contributed by atoms with Crippen molar-refractivity contribution < 1.29 is 87.3 Å². The van der Waals surface area contributed by atoms with Crippen LogP contribution in [0, 0.1) is 0 Å². The Morgan fingerprint density at radius 2 is 0.385 bits per heavy atom. The van der Waals surface area contributed by atoms with Crippen molar-refractivity contribution in [3.8, 4) is 102 Å². The Morgan fingerprint density at radius 1 is 0.239 bits per heavy atom. The predicted molar refractivity (Wildman–Crippen MR) is 455 cm³/mol. The van der Waals surface area contributed by atoms with Gasteiger partial charge in [0.1, 0.15) is 0 Å². The molecule has 27 heteroatoms. The molecule has 6 amide bonds. The Morgan fingerprint density at radius 3 is 0.521 bits per heavy atom. The summed E-state index contributed by atoms with van der Waals surface area (Å²) in [4.78, 5) is 86.5. The van der Waals surface area contributed by atoms with Crippen LogP contribution in [0.25, 0.3) is 98.0 Å². The van der Waals surface area contributed by atoms with Gasteiger partial charge >= 0.3 is 23.1 Å². The van der Waals surface area contributed by atoms with E-state index in [1.165, 1.54) is 36.4 Å². The second-order valence-electron chi connectivity index (χ2n) is 28.9. The molecule has 0 saturated carbocycles. The number of aromatic hydroxyl groups is 6. The van der Waals surface area contributed by atoms with E-state index in [-0.39, 0.29) is 99.1 Å². The Bertz CT molecular complexity index is 4970. The van der Waals surface area contributed by atoms with Crippen molar-refractivity contribution >= 4 is 123 Å². The maximum Gasteiger partial charge on any atom is 0.658 e. The van der Waals surface area contributed by atoms with Crippen LogP contribution >= 0.6 is 0 Å². The summed E-state index contributed by atoms with van der Waals surface area (Å²) in [7, 11) is 2.36. The molecule has 0 fully saturated rings. The van der Waals surface area contributed by atoms with Gasteiger partial charge in [0, 0.05) is 106 Å². The van der Waals surface area contributed by atoms with E-state index < -0.39 is 104 Å². The third-order valence-corrected chi connectivity index (χ3v) is 20.7. The third-order valence-electron chi connectivity index (χ3n) is 20.7. The molecule has 117 heavy (non-hydrogen) atoms. The van der Waals surface area contributed by atoms with Gasteiger partial charge in [0.05, 0.1) is 0 Å². The molecule has 0 atom stereocenters. The fourth-order valence-corrected chi connectivity index (χ4v) is 14.5. The number of nitrogens with one attached hydrogen (secondary N) is 6. The molecule has 1 aliphatic heterocycles. The van der Waals surface area contributed by atoms with E-state index in [1.54, 1.807) is 109 Å². The number of phenols is 6. The molecule has 0 bridgehead atoms. The predicted octanol–water partition coefficient (Wildman–Crippen LogP) is 16.3. The fraction of sp³-hybridized carbons (Fsp3) is 0.267. The third kappa shape index (κ3) is 17.4. The summed E-state index contributed by atoms with van der Waals surface area (Å²) in [6, 6.07) is 36.5. The molecule has 1 aliphatic rings. The molecule has 0 aliphatic carbocycles. The van der Waals surface area contributed by atoms with Crippen molar-refractivity contribution in [1.82, 2.24) is 31.9 Å². The summed E-state index contributed by atoms with van der Waals surface area (Å²) < 4.78 is 40.3. The second-order valence-corrected chi connectivity index (χ2v) is 28.9. The molecule has 3 radical (unpaired) electrons. The lowest BCUT2D eigenvalue weighted by Gasteiger charge is -2.23. The molecule has 0 unspecified atom stereocenters. The number of carbonyl (C=O) groups is 6. The normalized spacial score (nSPS) is 11.9. The van der Waals surface area contributed by atoms with Crippen molar-refractivity contribution in [3.05, 3.63) is 179 Å². The lowest BCUT2D eigenvalue weighted by Crippen LogP contribution is -2.24. The van der Waals surface area contributed by atoms with Crippen LogP contribution in [0.4, 0.5) is 0 Å². The number of hydrogen-bond donors (Lipinski definition) is 12. The zero-order chi connectivity index (χ0) is 82.6. The number of phenolic OH excluding ortho intramolecular Hbond substituents is 6. The quantitative estimate of drug-likeness (QED) is 0.0197. The van der Waals surface area contributed by atoms with E-state index in [0.29, 0.717) is 110 Å². The van der Waals surface area contributed by atoms with Gasteiger partial charge in [-0.25, -0.2) is 0 Å². The molecule has 12 N–H and O–H groups in total. The van der Waals surface area contributed by atoms with Gasteiger partial charge in [-0.1, -0.05) is 116 Å². The number of fused-ring (bicyclic) bond motifs is 21.